The summed E-state index contributed by atoms with van der Waals surface area (Å²) in [4.78, 5) is 11.3. The molecule has 1 saturated carbocycles. The van der Waals surface area contributed by atoms with Gasteiger partial charge in [0.2, 0.25) is 0 Å². The fourth-order valence-corrected chi connectivity index (χ4v) is 2.85. The number of carboxylic acid groups (broad SMARTS) is 1. The van der Waals surface area contributed by atoms with E-state index in [-0.39, 0.29) is 17.0 Å². The van der Waals surface area contributed by atoms with Crippen LogP contribution in [0.25, 0.3) is 0 Å². The molecule has 19 heavy (non-hydrogen) atoms. The van der Waals surface area contributed by atoms with Gasteiger partial charge in [-0.15, -0.1) is 0 Å². The van der Waals surface area contributed by atoms with Gasteiger partial charge < -0.3 is 16.2 Å². The molecular formula is C15H22N2O2. The zero-order valence-electron chi connectivity index (χ0n) is 11.6. The number of carbonyl (C=O) groups is 1. The van der Waals surface area contributed by atoms with Gasteiger partial charge in [-0.1, -0.05) is 32.8 Å². The fraction of sp³-hybridized carbons (Fsp3) is 0.533. The average Bonchev–Trinajstić information content (AvgIpc) is 2.33. The van der Waals surface area contributed by atoms with Crippen LogP contribution in [0, 0.1) is 5.41 Å². The van der Waals surface area contributed by atoms with Gasteiger partial charge in [-0.3, -0.25) is 0 Å². The van der Waals surface area contributed by atoms with Crippen molar-refractivity contribution in [3.05, 3.63) is 23.8 Å². The smallest absolute Gasteiger partial charge is 0.337 e. The molecule has 0 heterocycles. The molecule has 0 spiro atoms. The normalized spacial score (nSPS) is 21.9. The van der Waals surface area contributed by atoms with Crippen LogP contribution >= 0.6 is 0 Å². The first-order valence-corrected chi connectivity index (χ1v) is 6.80. The standard InChI is InChI=1S/C15H22N2O2/c1-15(2)9-4-3-8-12(15)17-13-10(14(18)19)6-5-7-11(13)16/h5-7,12,17H,3-4,8-9,16H2,1-2H3,(H,18,19). The molecule has 1 atom stereocenters. The van der Waals surface area contributed by atoms with Crippen molar-refractivity contribution in [2.24, 2.45) is 5.41 Å². The maximum Gasteiger partial charge on any atom is 0.337 e. The number of rotatable bonds is 3. The summed E-state index contributed by atoms with van der Waals surface area (Å²) in [6.45, 7) is 4.45. The van der Waals surface area contributed by atoms with Crippen molar-refractivity contribution in [1.29, 1.82) is 0 Å². The van der Waals surface area contributed by atoms with Crippen LogP contribution in [0.15, 0.2) is 18.2 Å². The van der Waals surface area contributed by atoms with Gasteiger partial charge in [-0.25, -0.2) is 4.79 Å². The molecular weight excluding hydrogens is 240 g/mol. The van der Waals surface area contributed by atoms with Gasteiger partial charge in [0.1, 0.15) is 0 Å². The summed E-state index contributed by atoms with van der Waals surface area (Å²) in [5.74, 6) is -0.941. The molecule has 4 N–H and O–H groups in total. The predicted octanol–water partition coefficient (Wildman–Crippen LogP) is 3.35. The minimum atomic E-state index is -0.941. The molecule has 1 aromatic carbocycles. The number of anilines is 2. The van der Waals surface area contributed by atoms with E-state index in [0.717, 1.165) is 12.8 Å². The Morgan fingerprint density at radius 1 is 1.42 bits per heavy atom. The molecule has 4 nitrogen and oxygen atoms in total. The molecule has 0 aromatic heterocycles. The third-order valence-electron chi connectivity index (χ3n) is 4.15. The van der Waals surface area contributed by atoms with Crippen LogP contribution in [-0.2, 0) is 0 Å². The van der Waals surface area contributed by atoms with Gasteiger partial charge in [0.15, 0.2) is 0 Å². The Labute approximate surface area is 114 Å². The van der Waals surface area contributed by atoms with E-state index in [1.54, 1.807) is 18.2 Å². The zero-order chi connectivity index (χ0) is 14.0. The second-order valence-electron chi connectivity index (χ2n) is 6.01. The molecule has 1 aliphatic rings. The summed E-state index contributed by atoms with van der Waals surface area (Å²) >= 11 is 0. The molecule has 104 valence electrons. The first-order valence-electron chi connectivity index (χ1n) is 6.80. The Morgan fingerprint density at radius 3 is 2.79 bits per heavy atom. The summed E-state index contributed by atoms with van der Waals surface area (Å²) in [6.07, 6.45) is 4.62. The average molecular weight is 262 g/mol. The highest BCUT2D eigenvalue weighted by molar-refractivity contribution is 5.97. The van der Waals surface area contributed by atoms with Crippen molar-refractivity contribution in [2.45, 2.75) is 45.6 Å². The van der Waals surface area contributed by atoms with E-state index < -0.39 is 5.97 Å². The molecule has 0 aliphatic heterocycles. The van der Waals surface area contributed by atoms with Crippen LogP contribution in [0.2, 0.25) is 0 Å². The Balaban J connectivity index is 2.30. The quantitative estimate of drug-likeness (QED) is 0.730. The van der Waals surface area contributed by atoms with Crippen molar-refractivity contribution < 1.29 is 9.90 Å². The third kappa shape index (κ3) is 2.83. The first-order chi connectivity index (χ1) is 8.92. The number of carboxylic acids is 1. The lowest BCUT2D eigenvalue weighted by molar-refractivity contribution is 0.0697. The molecule has 0 radical (unpaired) electrons. The van der Waals surface area contributed by atoms with Crippen molar-refractivity contribution in [1.82, 2.24) is 0 Å². The lowest BCUT2D eigenvalue weighted by atomic mass is 9.73. The van der Waals surface area contributed by atoms with E-state index in [1.807, 2.05) is 0 Å². The van der Waals surface area contributed by atoms with Crippen LogP contribution in [0.5, 0.6) is 0 Å². The first kappa shape index (κ1) is 13.7. The van der Waals surface area contributed by atoms with Crippen LogP contribution in [0.4, 0.5) is 11.4 Å². The van der Waals surface area contributed by atoms with Crippen molar-refractivity contribution in [3.63, 3.8) is 0 Å². The highest BCUT2D eigenvalue weighted by Gasteiger charge is 2.33. The number of hydrogen-bond donors (Lipinski definition) is 3. The molecule has 1 fully saturated rings. The molecule has 0 amide bonds. The summed E-state index contributed by atoms with van der Waals surface area (Å²) in [6, 6.07) is 5.28. The summed E-state index contributed by atoms with van der Waals surface area (Å²) in [5, 5.41) is 12.6. The van der Waals surface area contributed by atoms with E-state index in [0.29, 0.717) is 11.4 Å². The number of aromatic carboxylic acids is 1. The van der Waals surface area contributed by atoms with Crippen molar-refractivity contribution in [2.75, 3.05) is 11.1 Å². The maximum absolute atomic E-state index is 11.3. The van der Waals surface area contributed by atoms with Crippen LogP contribution in [0.1, 0.15) is 49.9 Å². The number of nitrogen functional groups attached to an aromatic ring is 1. The van der Waals surface area contributed by atoms with Gasteiger partial charge in [-0.2, -0.15) is 0 Å². The highest BCUT2D eigenvalue weighted by atomic mass is 16.4. The third-order valence-corrected chi connectivity index (χ3v) is 4.15. The van der Waals surface area contributed by atoms with Crippen LogP contribution in [0.3, 0.4) is 0 Å². The highest BCUT2D eigenvalue weighted by Crippen LogP contribution is 2.38. The summed E-state index contributed by atoms with van der Waals surface area (Å²) in [5.41, 5.74) is 7.42. The molecule has 0 bridgehead atoms. The van der Waals surface area contributed by atoms with Gasteiger partial charge in [0, 0.05) is 6.04 Å². The monoisotopic (exact) mass is 262 g/mol. The number of nitrogens with two attached hydrogens (primary N) is 1. The van der Waals surface area contributed by atoms with Crippen LogP contribution < -0.4 is 11.1 Å². The number of benzene rings is 1. The second-order valence-corrected chi connectivity index (χ2v) is 6.01. The van der Waals surface area contributed by atoms with E-state index in [9.17, 15) is 9.90 Å². The fourth-order valence-electron chi connectivity index (χ4n) is 2.85. The number of hydrogen-bond acceptors (Lipinski definition) is 3. The Bertz CT molecular complexity index is 483. The van der Waals surface area contributed by atoms with Gasteiger partial charge in [0.25, 0.3) is 0 Å². The Hall–Kier alpha value is -1.71. The molecule has 0 saturated heterocycles. The summed E-state index contributed by atoms with van der Waals surface area (Å²) < 4.78 is 0. The lowest BCUT2D eigenvalue weighted by Gasteiger charge is -2.40. The zero-order valence-corrected chi connectivity index (χ0v) is 11.6. The predicted molar refractivity (Wildman–Crippen MR) is 77.5 cm³/mol. The van der Waals surface area contributed by atoms with Crippen molar-refractivity contribution in [3.8, 4) is 0 Å². The van der Waals surface area contributed by atoms with E-state index in [1.165, 1.54) is 12.8 Å². The van der Waals surface area contributed by atoms with Gasteiger partial charge >= 0.3 is 5.97 Å². The summed E-state index contributed by atoms with van der Waals surface area (Å²) in [7, 11) is 0. The molecule has 2 rings (SSSR count). The molecule has 4 heteroatoms. The Morgan fingerprint density at radius 2 is 2.16 bits per heavy atom. The van der Waals surface area contributed by atoms with Gasteiger partial charge in [0.05, 0.1) is 16.9 Å². The number of para-hydroxylation sites is 1. The largest absolute Gasteiger partial charge is 0.478 e. The molecule has 1 aromatic rings. The maximum atomic E-state index is 11.3. The van der Waals surface area contributed by atoms with E-state index in [2.05, 4.69) is 19.2 Å². The molecule has 1 unspecified atom stereocenters. The van der Waals surface area contributed by atoms with E-state index >= 15 is 0 Å². The van der Waals surface area contributed by atoms with Crippen LogP contribution in [-0.4, -0.2) is 17.1 Å². The van der Waals surface area contributed by atoms with E-state index in [4.69, 9.17) is 5.73 Å². The minimum absolute atomic E-state index is 0.163. The topological polar surface area (TPSA) is 75.3 Å². The minimum Gasteiger partial charge on any atom is -0.478 e. The van der Waals surface area contributed by atoms with Gasteiger partial charge in [-0.05, 0) is 30.4 Å². The number of nitrogens with one attached hydrogen (secondary N) is 1. The Kier molecular flexibility index (Phi) is 3.69. The molecule has 1 aliphatic carbocycles. The SMILES string of the molecule is CC1(C)CCCCC1Nc1c(N)cccc1C(=O)O. The second kappa shape index (κ2) is 5.11. The lowest BCUT2D eigenvalue weighted by Crippen LogP contribution is -2.39. The van der Waals surface area contributed by atoms with Crippen molar-refractivity contribution >= 4 is 17.3 Å².